The van der Waals surface area contributed by atoms with Crippen molar-refractivity contribution in [2.45, 2.75) is 24.7 Å². The molecule has 0 aliphatic heterocycles. The van der Waals surface area contributed by atoms with Crippen molar-refractivity contribution in [2.24, 2.45) is 0 Å². The third-order valence-corrected chi connectivity index (χ3v) is 7.08. The summed E-state index contributed by atoms with van der Waals surface area (Å²) in [7, 11) is 0. The second-order valence-electron chi connectivity index (χ2n) is 8.17. The van der Waals surface area contributed by atoms with Gasteiger partial charge in [-0.15, -0.1) is 11.3 Å². The number of thiophene rings is 1. The molecule has 0 radical (unpaired) electrons. The molecule has 1 aromatic heterocycles. The summed E-state index contributed by atoms with van der Waals surface area (Å²) < 4.78 is 91.3. The lowest BCUT2D eigenvalue weighted by atomic mass is 9.89. The fourth-order valence-electron chi connectivity index (χ4n) is 4.17. The Balaban J connectivity index is 2.13. The number of nitro benzene ring substituents is 1. The molecule has 192 valence electrons. The molecule has 0 atom stereocenters. The number of nitro groups is 1. The molecule has 12 heteroatoms. The van der Waals surface area contributed by atoms with Crippen molar-refractivity contribution < 1.29 is 31.3 Å². The average molecular weight is 545 g/mol. The van der Waals surface area contributed by atoms with Crippen molar-refractivity contribution in [1.29, 1.82) is 5.26 Å². The molecule has 0 amide bonds. The zero-order valence-corrected chi connectivity index (χ0v) is 19.9. The van der Waals surface area contributed by atoms with Gasteiger partial charge in [0.05, 0.1) is 17.6 Å². The summed E-state index contributed by atoms with van der Waals surface area (Å²) in [6.07, 6.45) is 0. The van der Waals surface area contributed by atoms with E-state index in [1.165, 1.54) is 13.0 Å². The Morgan fingerprint density at radius 3 is 2.16 bits per heavy atom. The van der Waals surface area contributed by atoms with Crippen LogP contribution in [0, 0.1) is 34.9 Å². The lowest BCUT2D eigenvalue weighted by Crippen LogP contribution is -2.49. The number of non-ortho nitro benzene ring substituents is 1. The molecule has 1 aliphatic carbocycles. The van der Waals surface area contributed by atoms with E-state index >= 15 is 17.6 Å². The highest BCUT2D eigenvalue weighted by Crippen LogP contribution is 2.65. The Kier molecular flexibility index (Phi) is 6.42. The maximum Gasteiger partial charge on any atom is 0.380 e. The maximum atomic E-state index is 15.4. The van der Waals surface area contributed by atoms with E-state index in [0.717, 1.165) is 41.7 Å². The molecule has 4 rings (SSSR count). The van der Waals surface area contributed by atoms with Crippen LogP contribution in [-0.2, 0) is 0 Å². The largest absolute Gasteiger partial charge is 0.380 e. The number of halogens is 6. The second-order valence-corrected chi connectivity index (χ2v) is 9.43. The lowest BCUT2D eigenvalue weighted by molar-refractivity contribution is -0.384. The molecule has 38 heavy (non-hydrogen) atoms. The molecule has 3 aromatic rings. The molecule has 0 unspecified atom stereocenters. The fourth-order valence-corrected chi connectivity index (χ4v) is 5.20. The van der Waals surface area contributed by atoms with E-state index in [-0.39, 0.29) is 4.88 Å². The Hall–Kier alpha value is -4.42. The average Bonchev–Trinajstić information content (AvgIpc) is 3.30. The number of alkyl halides is 6. The molecule has 0 saturated heterocycles. The molecular formula is C26H13F6N3O2S. The summed E-state index contributed by atoms with van der Waals surface area (Å²) in [4.78, 5) is 13.4. The number of nitrogens with zero attached hydrogens (tertiary/aromatic N) is 3. The maximum absolute atomic E-state index is 15.4. The van der Waals surface area contributed by atoms with Gasteiger partial charge in [0.25, 0.3) is 11.4 Å². The molecule has 0 bridgehead atoms. The van der Waals surface area contributed by atoms with Gasteiger partial charge in [0.1, 0.15) is 0 Å². The molecule has 2 aromatic carbocycles. The van der Waals surface area contributed by atoms with Gasteiger partial charge in [-0.3, -0.25) is 10.1 Å². The summed E-state index contributed by atoms with van der Waals surface area (Å²) in [6.45, 7) is 8.57. The second kappa shape index (κ2) is 9.15. The highest BCUT2D eigenvalue weighted by atomic mass is 32.1. The highest BCUT2D eigenvalue weighted by molar-refractivity contribution is 7.15. The lowest BCUT2D eigenvalue weighted by Gasteiger charge is -2.26. The summed E-state index contributed by atoms with van der Waals surface area (Å²) in [5, 5.41) is 20.5. The van der Waals surface area contributed by atoms with Crippen LogP contribution in [-0.4, -0.2) is 22.7 Å². The Bertz CT molecular complexity index is 1580. The van der Waals surface area contributed by atoms with Gasteiger partial charge in [0, 0.05) is 38.6 Å². The van der Waals surface area contributed by atoms with Crippen molar-refractivity contribution in [2.75, 3.05) is 0 Å². The van der Waals surface area contributed by atoms with Crippen LogP contribution in [0.25, 0.3) is 26.4 Å². The first-order valence-electron chi connectivity index (χ1n) is 10.6. The van der Waals surface area contributed by atoms with Crippen LogP contribution in [0.2, 0.25) is 0 Å². The molecule has 1 heterocycles. The molecule has 0 fully saturated rings. The van der Waals surface area contributed by atoms with Gasteiger partial charge >= 0.3 is 17.8 Å². The first kappa shape index (κ1) is 26.6. The minimum absolute atomic E-state index is 0.0221. The summed E-state index contributed by atoms with van der Waals surface area (Å²) in [5.74, 6) is -16.8. The number of hydrogen-bond acceptors (Lipinski definition) is 4. The van der Waals surface area contributed by atoms with Crippen LogP contribution >= 0.6 is 11.3 Å². The van der Waals surface area contributed by atoms with Crippen LogP contribution in [0.4, 0.5) is 32.0 Å². The van der Waals surface area contributed by atoms with E-state index in [0.29, 0.717) is 10.4 Å². The predicted molar refractivity (Wildman–Crippen MR) is 128 cm³/mol. The van der Waals surface area contributed by atoms with Crippen molar-refractivity contribution in [3.05, 3.63) is 109 Å². The summed E-state index contributed by atoms with van der Waals surface area (Å²) in [6, 6.07) is 13.9. The predicted octanol–water partition coefficient (Wildman–Crippen LogP) is 8.16. The number of allylic oxidation sites excluding steroid dienone is 4. The third kappa shape index (κ3) is 3.85. The van der Waals surface area contributed by atoms with Gasteiger partial charge in [0.2, 0.25) is 0 Å². The number of nitriles is 1. The summed E-state index contributed by atoms with van der Waals surface area (Å²) >= 11 is 0.916. The van der Waals surface area contributed by atoms with E-state index in [9.17, 15) is 24.2 Å². The third-order valence-electron chi connectivity index (χ3n) is 5.98. The van der Waals surface area contributed by atoms with Gasteiger partial charge in [-0.1, -0.05) is 30.3 Å². The van der Waals surface area contributed by atoms with Crippen molar-refractivity contribution in [3.8, 4) is 16.5 Å². The van der Waals surface area contributed by atoms with Gasteiger partial charge in [-0.2, -0.15) is 26.3 Å². The zero-order valence-electron chi connectivity index (χ0n) is 19.1. The van der Waals surface area contributed by atoms with Crippen molar-refractivity contribution in [3.63, 3.8) is 0 Å². The monoisotopic (exact) mass is 545 g/mol. The minimum Gasteiger partial charge on any atom is -0.258 e. The van der Waals surface area contributed by atoms with Crippen molar-refractivity contribution >= 4 is 28.2 Å². The molecule has 1 aliphatic rings. The first-order valence-corrected chi connectivity index (χ1v) is 11.4. The van der Waals surface area contributed by atoms with E-state index < -0.39 is 61.9 Å². The molecule has 5 nitrogen and oxygen atoms in total. The van der Waals surface area contributed by atoms with Crippen LogP contribution in [0.1, 0.15) is 16.0 Å². The normalized spacial score (nSPS) is 17.9. The van der Waals surface area contributed by atoms with Gasteiger partial charge < -0.3 is 0 Å². The van der Waals surface area contributed by atoms with Crippen LogP contribution in [0.3, 0.4) is 0 Å². The minimum atomic E-state index is -5.92. The number of aryl methyl sites for hydroxylation is 1. The van der Waals surface area contributed by atoms with E-state index in [2.05, 4.69) is 4.85 Å². The van der Waals surface area contributed by atoms with Crippen LogP contribution in [0.5, 0.6) is 0 Å². The topological polar surface area (TPSA) is 71.3 Å². The number of hydrogen-bond donors (Lipinski definition) is 0. The molecular weight excluding hydrogens is 532 g/mol. The Morgan fingerprint density at radius 2 is 1.63 bits per heavy atom. The first-order chi connectivity index (χ1) is 17.8. The van der Waals surface area contributed by atoms with Crippen LogP contribution < -0.4 is 0 Å². The quantitative estimate of drug-likeness (QED) is 0.107. The smallest absolute Gasteiger partial charge is 0.258 e. The molecule has 0 spiro atoms. The summed E-state index contributed by atoms with van der Waals surface area (Å²) in [5.41, 5.74) is -7.00. The molecule has 0 saturated carbocycles. The van der Waals surface area contributed by atoms with Gasteiger partial charge in [-0.05, 0) is 41.8 Å². The van der Waals surface area contributed by atoms with Crippen molar-refractivity contribution in [1.82, 2.24) is 0 Å². The standard InChI is InChI=1S/C26H13F6N3O2S/c1-14-18(12-20(38-14)15-6-4-3-5-7-15)22-23(25(29,30)26(31,32)24(22,27)28)21(19(13-33)34-2)16-8-10-17(11-9-16)35(36)37/h3-12H,1H3. The number of rotatable bonds is 5. The fraction of sp³-hybridized carbons (Fsp3) is 0.154. The zero-order chi connectivity index (χ0) is 28.0. The van der Waals surface area contributed by atoms with Crippen LogP contribution in [0.15, 0.2) is 71.9 Å². The van der Waals surface area contributed by atoms with Gasteiger partial charge in [0.15, 0.2) is 0 Å². The Morgan fingerprint density at radius 1 is 1.03 bits per heavy atom. The van der Waals surface area contributed by atoms with E-state index in [1.54, 1.807) is 30.3 Å². The van der Waals surface area contributed by atoms with Gasteiger partial charge in [-0.25, -0.2) is 10.1 Å². The SMILES string of the molecule is [C-]#[N+]C(C#N)=C(C1=C(c2cc(-c3ccccc3)sc2C)C(F)(F)C(F)(F)C1(F)F)c1ccc([N+](=O)[O-])cc1. The Labute approximate surface area is 215 Å². The molecule has 0 N–H and O–H groups in total. The number of benzene rings is 2. The van der Waals surface area contributed by atoms with E-state index in [1.807, 2.05) is 0 Å². The highest BCUT2D eigenvalue weighted by Gasteiger charge is 2.80. The van der Waals surface area contributed by atoms with E-state index in [4.69, 9.17) is 6.57 Å².